The first kappa shape index (κ1) is 26.1. The lowest BCUT2D eigenvalue weighted by atomic mass is 10.1. The monoisotopic (exact) mass is 525 g/mol. The third-order valence-corrected chi connectivity index (χ3v) is 6.63. The molecule has 0 unspecified atom stereocenters. The Labute approximate surface area is 207 Å². The SMILES string of the molecule is CC(C)(C)OC(=O)CN(c1ccc2cc(OB(O)O)ccc2c1)S(=O)(=O)c1cc(Cl)cc(Cl)c1. The van der Waals surface area contributed by atoms with Crippen LogP contribution >= 0.6 is 23.2 Å². The molecule has 0 atom stereocenters. The van der Waals surface area contributed by atoms with Crippen LogP contribution in [-0.4, -0.2) is 43.9 Å². The van der Waals surface area contributed by atoms with E-state index in [1.54, 1.807) is 45.0 Å². The zero-order valence-corrected chi connectivity index (χ0v) is 20.9. The van der Waals surface area contributed by atoms with E-state index in [4.69, 9.17) is 42.6 Å². The van der Waals surface area contributed by atoms with E-state index in [-0.39, 0.29) is 26.4 Å². The Morgan fingerprint density at radius 1 is 0.971 bits per heavy atom. The third kappa shape index (κ3) is 6.55. The van der Waals surface area contributed by atoms with Crippen LogP contribution in [0.5, 0.6) is 5.75 Å². The van der Waals surface area contributed by atoms with E-state index in [0.29, 0.717) is 10.8 Å². The Kier molecular flexibility index (Phi) is 7.69. The fourth-order valence-electron chi connectivity index (χ4n) is 3.17. The molecule has 8 nitrogen and oxygen atoms in total. The summed E-state index contributed by atoms with van der Waals surface area (Å²) in [6, 6.07) is 13.3. The summed E-state index contributed by atoms with van der Waals surface area (Å²) < 4.78 is 38.3. The first-order valence-electron chi connectivity index (χ1n) is 10.0. The maximum absolute atomic E-state index is 13.6. The van der Waals surface area contributed by atoms with E-state index >= 15 is 0 Å². The lowest BCUT2D eigenvalue weighted by molar-refractivity contribution is -0.152. The van der Waals surface area contributed by atoms with Crippen LogP contribution < -0.4 is 8.96 Å². The van der Waals surface area contributed by atoms with Gasteiger partial charge >= 0.3 is 13.3 Å². The fraction of sp³-hybridized carbons (Fsp3) is 0.227. The molecule has 0 fully saturated rings. The lowest BCUT2D eigenvalue weighted by Crippen LogP contribution is -2.39. The highest BCUT2D eigenvalue weighted by Gasteiger charge is 2.30. The van der Waals surface area contributed by atoms with Gasteiger partial charge in [-0.1, -0.05) is 35.3 Å². The Hall–Kier alpha value is -2.50. The Balaban J connectivity index is 2.09. The average molecular weight is 526 g/mol. The van der Waals surface area contributed by atoms with Crippen molar-refractivity contribution in [3.8, 4) is 5.75 Å². The minimum absolute atomic E-state index is 0.125. The lowest BCUT2D eigenvalue weighted by Gasteiger charge is -2.26. The third-order valence-electron chi connectivity index (χ3n) is 4.44. The zero-order chi connectivity index (χ0) is 25.3. The molecule has 3 aromatic carbocycles. The highest BCUT2D eigenvalue weighted by Crippen LogP contribution is 2.31. The predicted octanol–water partition coefficient (Wildman–Crippen LogP) is 4.03. The second-order valence-corrected chi connectivity index (χ2v) is 11.1. The molecule has 0 heterocycles. The van der Waals surface area contributed by atoms with Crippen molar-refractivity contribution >= 4 is 63.0 Å². The Bertz CT molecular complexity index is 1310. The van der Waals surface area contributed by atoms with E-state index in [0.717, 1.165) is 4.31 Å². The summed E-state index contributed by atoms with van der Waals surface area (Å²) in [5.41, 5.74) is -0.617. The number of rotatable bonds is 7. The van der Waals surface area contributed by atoms with Crippen molar-refractivity contribution in [1.29, 1.82) is 0 Å². The molecular weight excluding hydrogens is 504 g/mol. The Morgan fingerprint density at radius 3 is 2.15 bits per heavy atom. The van der Waals surface area contributed by atoms with E-state index in [9.17, 15) is 13.2 Å². The van der Waals surface area contributed by atoms with Gasteiger partial charge in [-0.2, -0.15) is 0 Å². The molecule has 0 saturated heterocycles. The number of ether oxygens (including phenoxy) is 1. The summed E-state index contributed by atoms with van der Waals surface area (Å²) in [7, 11) is -6.25. The minimum Gasteiger partial charge on any atom is -0.512 e. The van der Waals surface area contributed by atoms with Gasteiger partial charge in [-0.3, -0.25) is 9.10 Å². The maximum Gasteiger partial charge on any atom is 0.707 e. The van der Waals surface area contributed by atoms with Gasteiger partial charge in [0.2, 0.25) is 0 Å². The number of halogens is 2. The molecule has 0 bridgehead atoms. The zero-order valence-electron chi connectivity index (χ0n) is 18.5. The molecule has 0 aliphatic rings. The molecule has 3 aromatic rings. The van der Waals surface area contributed by atoms with E-state index in [1.165, 1.54) is 30.3 Å². The number of hydrogen-bond donors (Lipinski definition) is 2. The van der Waals surface area contributed by atoms with Gasteiger partial charge in [0.1, 0.15) is 17.9 Å². The van der Waals surface area contributed by atoms with Gasteiger partial charge in [0.15, 0.2) is 0 Å². The van der Waals surface area contributed by atoms with E-state index < -0.39 is 35.5 Å². The number of carbonyl (C=O) groups excluding carboxylic acids is 1. The van der Waals surface area contributed by atoms with Crippen LogP contribution in [-0.2, 0) is 19.6 Å². The van der Waals surface area contributed by atoms with Crippen LogP contribution in [0, 0.1) is 0 Å². The van der Waals surface area contributed by atoms with Gasteiger partial charge in [0, 0.05) is 10.0 Å². The van der Waals surface area contributed by atoms with Gasteiger partial charge in [-0.15, -0.1) is 0 Å². The number of benzene rings is 3. The number of esters is 1. The molecular formula is C22H22BCl2NO7S. The second-order valence-electron chi connectivity index (χ2n) is 8.34. The maximum atomic E-state index is 13.6. The van der Waals surface area contributed by atoms with Gasteiger partial charge in [-0.05, 0) is 74.0 Å². The smallest absolute Gasteiger partial charge is 0.512 e. The van der Waals surface area contributed by atoms with Crippen molar-refractivity contribution in [3.05, 3.63) is 64.6 Å². The number of anilines is 1. The largest absolute Gasteiger partial charge is 0.707 e. The van der Waals surface area contributed by atoms with Crippen LogP contribution in [0.4, 0.5) is 5.69 Å². The Morgan fingerprint density at radius 2 is 1.56 bits per heavy atom. The van der Waals surface area contributed by atoms with Gasteiger partial charge < -0.3 is 19.4 Å². The molecule has 0 saturated carbocycles. The molecule has 180 valence electrons. The molecule has 0 aliphatic heterocycles. The fourth-order valence-corrected chi connectivity index (χ4v) is 5.30. The molecule has 2 N–H and O–H groups in total. The van der Waals surface area contributed by atoms with E-state index in [1.807, 2.05) is 0 Å². The highest BCUT2D eigenvalue weighted by atomic mass is 35.5. The molecule has 34 heavy (non-hydrogen) atoms. The standard InChI is InChI=1S/C22H22BCl2NO7S/c1-22(2,3)32-21(27)13-26(34(30,31)20-11-16(24)10-17(25)12-20)18-6-4-15-9-19(33-23(28)29)7-5-14(15)8-18/h4-12,28-29H,13H2,1-3H3. The van der Waals surface area contributed by atoms with E-state index in [2.05, 4.69) is 0 Å². The molecule has 12 heteroatoms. The van der Waals surface area contributed by atoms with Crippen molar-refractivity contribution in [2.75, 3.05) is 10.8 Å². The van der Waals surface area contributed by atoms with Crippen LogP contribution in [0.3, 0.4) is 0 Å². The molecule has 0 radical (unpaired) electrons. The summed E-state index contributed by atoms with van der Waals surface area (Å²) in [5, 5.41) is 19.5. The van der Waals surface area contributed by atoms with Crippen molar-refractivity contribution in [3.63, 3.8) is 0 Å². The van der Waals surface area contributed by atoms with Crippen LogP contribution in [0.15, 0.2) is 59.5 Å². The van der Waals surface area contributed by atoms with Gasteiger partial charge in [0.25, 0.3) is 10.0 Å². The second kappa shape index (κ2) is 10.0. The molecule has 0 amide bonds. The van der Waals surface area contributed by atoms with Crippen LogP contribution in [0.25, 0.3) is 10.8 Å². The van der Waals surface area contributed by atoms with Gasteiger partial charge in [0.05, 0.1) is 10.6 Å². The van der Waals surface area contributed by atoms with Crippen molar-refractivity contribution in [1.82, 2.24) is 0 Å². The van der Waals surface area contributed by atoms with Crippen molar-refractivity contribution in [2.24, 2.45) is 0 Å². The molecule has 3 rings (SSSR count). The molecule has 0 aliphatic carbocycles. The highest BCUT2D eigenvalue weighted by molar-refractivity contribution is 7.92. The number of carbonyl (C=O) groups is 1. The summed E-state index contributed by atoms with van der Waals surface area (Å²) in [5.74, 6) is -0.535. The average Bonchev–Trinajstić information content (AvgIpc) is 2.69. The first-order valence-corrected chi connectivity index (χ1v) is 12.2. The quantitative estimate of drug-likeness (QED) is 0.353. The van der Waals surface area contributed by atoms with Crippen molar-refractivity contribution in [2.45, 2.75) is 31.3 Å². The van der Waals surface area contributed by atoms with Crippen LogP contribution in [0.1, 0.15) is 20.8 Å². The summed E-state index contributed by atoms with van der Waals surface area (Å²) in [4.78, 5) is 12.4. The van der Waals surface area contributed by atoms with Gasteiger partial charge in [-0.25, -0.2) is 8.42 Å². The normalized spacial score (nSPS) is 11.9. The van der Waals surface area contributed by atoms with Crippen molar-refractivity contribution < 1.29 is 32.7 Å². The number of hydrogen-bond acceptors (Lipinski definition) is 7. The minimum atomic E-state index is -4.27. The molecule has 0 aromatic heterocycles. The predicted molar refractivity (Wildman–Crippen MR) is 132 cm³/mol. The number of nitrogens with zero attached hydrogens (tertiary/aromatic N) is 1. The topological polar surface area (TPSA) is 113 Å². The first-order chi connectivity index (χ1) is 15.7. The number of sulfonamides is 1. The van der Waals surface area contributed by atoms with Crippen LogP contribution in [0.2, 0.25) is 10.0 Å². The summed E-state index contributed by atoms with van der Waals surface area (Å²) in [6.45, 7) is 4.45. The summed E-state index contributed by atoms with van der Waals surface area (Å²) in [6.07, 6.45) is 0. The number of fused-ring (bicyclic) bond motifs is 1. The molecule has 0 spiro atoms. The summed E-state index contributed by atoms with van der Waals surface area (Å²) >= 11 is 12.0.